The van der Waals surface area contributed by atoms with E-state index in [1.54, 1.807) is 25.1 Å². The van der Waals surface area contributed by atoms with Crippen molar-refractivity contribution in [2.24, 2.45) is 0 Å². The van der Waals surface area contributed by atoms with Crippen molar-refractivity contribution in [1.82, 2.24) is 4.72 Å². The number of hydrogen-bond donors (Lipinski definition) is 2. The Labute approximate surface area is 174 Å². The van der Waals surface area contributed by atoms with Gasteiger partial charge in [0.25, 0.3) is 5.91 Å². The highest BCUT2D eigenvalue weighted by atomic mass is 32.2. The van der Waals surface area contributed by atoms with Gasteiger partial charge < -0.3 is 19.5 Å². The molecule has 1 aliphatic heterocycles. The van der Waals surface area contributed by atoms with Crippen molar-refractivity contribution >= 4 is 27.6 Å². The van der Waals surface area contributed by atoms with Crippen LogP contribution in [-0.2, 0) is 19.6 Å². The Morgan fingerprint density at radius 2 is 1.83 bits per heavy atom. The number of rotatable bonds is 7. The first-order valence-electron chi connectivity index (χ1n) is 9.31. The minimum absolute atomic E-state index is 0.0213. The summed E-state index contributed by atoms with van der Waals surface area (Å²) in [6, 6.07) is 10.4. The average molecular weight is 434 g/mol. The molecule has 0 fully saturated rings. The molecule has 0 spiro atoms. The third-order valence-electron chi connectivity index (χ3n) is 4.18. The van der Waals surface area contributed by atoms with Crippen LogP contribution in [0.2, 0.25) is 0 Å². The minimum atomic E-state index is -3.72. The van der Waals surface area contributed by atoms with Gasteiger partial charge in [-0.1, -0.05) is 13.0 Å². The maximum atomic E-state index is 12.4. The summed E-state index contributed by atoms with van der Waals surface area (Å²) < 4.78 is 42.6. The maximum absolute atomic E-state index is 12.4. The van der Waals surface area contributed by atoms with Crippen molar-refractivity contribution in [1.29, 1.82) is 0 Å². The van der Waals surface area contributed by atoms with E-state index in [1.807, 2.05) is 0 Å². The van der Waals surface area contributed by atoms with Crippen LogP contribution in [0.1, 0.15) is 24.2 Å². The monoisotopic (exact) mass is 434 g/mol. The Morgan fingerprint density at radius 1 is 1.10 bits per heavy atom. The van der Waals surface area contributed by atoms with Crippen molar-refractivity contribution in [3.63, 3.8) is 0 Å². The molecular weight excluding hydrogens is 412 g/mol. The molecule has 10 heteroatoms. The molecular formula is C20H22N2O7S. The molecule has 30 heavy (non-hydrogen) atoms. The van der Waals surface area contributed by atoms with E-state index >= 15 is 0 Å². The molecule has 0 aromatic heterocycles. The first kappa shape index (κ1) is 21.6. The standard InChI is InChI=1S/C20H22N2O7S/c1-3-21-30(25,26)16-6-4-5-14(11-16)20(24)29-13(2)19(23)22-15-7-8-17-18(12-15)28-10-9-27-17/h4-8,11-13,21H,3,9-10H2,1-2H3,(H,22,23). The number of fused-ring (bicyclic) bond motifs is 1. The lowest BCUT2D eigenvalue weighted by molar-refractivity contribution is -0.123. The van der Waals surface area contributed by atoms with Gasteiger partial charge in [0.15, 0.2) is 17.6 Å². The first-order chi connectivity index (χ1) is 14.3. The Hall–Kier alpha value is -3.11. The molecule has 9 nitrogen and oxygen atoms in total. The van der Waals surface area contributed by atoms with Gasteiger partial charge in [-0.15, -0.1) is 0 Å². The molecule has 2 N–H and O–H groups in total. The molecule has 1 aliphatic rings. The molecule has 0 aliphatic carbocycles. The molecule has 1 atom stereocenters. The number of benzene rings is 2. The SMILES string of the molecule is CCNS(=O)(=O)c1cccc(C(=O)OC(C)C(=O)Nc2ccc3c(c2)OCCO3)c1. The van der Waals surface area contributed by atoms with E-state index in [9.17, 15) is 18.0 Å². The number of hydrogen-bond acceptors (Lipinski definition) is 7. The molecule has 0 radical (unpaired) electrons. The van der Waals surface area contributed by atoms with Crippen molar-refractivity contribution < 1.29 is 32.2 Å². The molecule has 0 saturated carbocycles. The van der Waals surface area contributed by atoms with Gasteiger partial charge in [0, 0.05) is 18.3 Å². The van der Waals surface area contributed by atoms with E-state index in [2.05, 4.69) is 10.0 Å². The van der Waals surface area contributed by atoms with Crippen LogP contribution in [0.25, 0.3) is 0 Å². The summed E-state index contributed by atoms with van der Waals surface area (Å²) in [7, 11) is -3.72. The second-order valence-corrected chi connectivity index (χ2v) is 8.19. The van der Waals surface area contributed by atoms with E-state index in [0.717, 1.165) is 0 Å². The Bertz CT molecular complexity index is 1050. The lowest BCUT2D eigenvalue weighted by Gasteiger charge is -2.19. The lowest BCUT2D eigenvalue weighted by Crippen LogP contribution is -2.30. The Balaban J connectivity index is 1.65. The van der Waals surface area contributed by atoms with Crippen molar-refractivity contribution in [3.8, 4) is 11.5 Å². The summed E-state index contributed by atoms with van der Waals surface area (Å²) in [5.41, 5.74) is 0.485. The number of esters is 1. The number of nitrogens with one attached hydrogen (secondary N) is 2. The number of anilines is 1. The van der Waals surface area contributed by atoms with Gasteiger partial charge in [0.1, 0.15) is 13.2 Å². The van der Waals surface area contributed by atoms with E-state index in [1.165, 1.54) is 31.2 Å². The summed E-state index contributed by atoms with van der Waals surface area (Å²) in [4.78, 5) is 24.7. The Morgan fingerprint density at radius 3 is 2.57 bits per heavy atom. The summed E-state index contributed by atoms with van der Waals surface area (Å²) >= 11 is 0. The van der Waals surface area contributed by atoms with E-state index in [-0.39, 0.29) is 17.0 Å². The van der Waals surface area contributed by atoms with Crippen LogP contribution in [-0.4, -0.2) is 46.2 Å². The molecule has 2 aromatic rings. The average Bonchev–Trinajstić information content (AvgIpc) is 2.73. The summed E-state index contributed by atoms with van der Waals surface area (Å²) in [5, 5.41) is 2.64. The predicted octanol–water partition coefficient (Wildman–Crippen LogP) is 1.94. The largest absolute Gasteiger partial charge is 0.486 e. The highest BCUT2D eigenvalue weighted by Crippen LogP contribution is 2.32. The first-order valence-corrected chi connectivity index (χ1v) is 10.8. The van der Waals surface area contributed by atoms with Crippen molar-refractivity contribution in [2.45, 2.75) is 24.8 Å². The third kappa shape index (κ3) is 5.08. The topological polar surface area (TPSA) is 120 Å². The zero-order valence-corrected chi connectivity index (χ0v) is 17.3. The van der Waals surface area contributed by atoms with Gasteiger partial charge in [-0.25, -0.2) is 17.9 Å². The third-order valence-corrected chi connectivity index (χ3v) is 5.72. The van der Waals surface area contributed by atoms with Crippen LogP contribution in [0.5, 0.6) is 11.5 Å². The van der Waals surface area contributed by atoms with Crippen LogP contribution in [0.3, 0.4) is 0 Å². The fraction of sp³-hybridized carbons (Fsp3) is 0.300. The second kappa shape index (κ2) is 9.14. The van der Waals surface area contributed by atoms with E-state index in [4.69, 9.17) is 14.2 Å². The molecule has 1 unspecified atom stereocenters. The quantitative estimate of drug-likeness (QED) is 0.639. The highest BCUT2D eigenvalue weighted by molar-refractivity contribution is 7.89. The van der Waals surface area contributed by atoms with E-state index < -0.39 is 28.0 Å². The normalized spacial score (nSPS) is 13.9. The summed E-state index contributed by atoms with van der Waals surface area (Å²) in [6.45, 7) is 4.17. The minimum Gasteiger partial charge on any atom is -0.486 e. The molecule has 0 saturated heterocycles. The number of sulfonamides is 1. The van der Waals surface area contributed by atoms with Crippen LogP contribution in [0, 0.1) is 0 Å². The fourth-order valence-corrected chi connectivity index (χ4v) is 3.80. The van der Waals surface area contributed by atoms with Crippen molar-refractivity contribution in [3.05, 3.63) is 48.0 Å². The summed E-state index contributed by atoms with van der Waals surface area (Å²) in [6.07, 6.45) is -1.11. The van der Waals surface area contributed by atoms with Crippen molar-refractivity contribution in [2.75, 3.05) is 25.1 Å². The van der Waals surface area contributed by atoms with Gasteiger partial charge in [-0.2, -0.15) is 0 Å². The van der Waals surface area contributed by atoms with Crippen LogP contribution < -0.4 is 19.5 Å². The second-order valence-electron chi connectivity index (χ2n) is 6.42. The van der Waals surface area contributed by atoms with Gasteiger partial charge in [-0.05, 0) is 37.3 Å². The highest BCUT2D eigenvalue weighted by Gasteiger charge is 2.22. The maximum Gasteiger partial charge on any atom is 0.338 e. The van der Waals surface area contributed by atoms with Crippen LogP contribution in [0.4, 0.5) is 5.69 Å². The zero-order valence-electron chi connectivity index (χ0n) is 16.5. The molecule has 1 heterocycles. The van der Waals surface area contributed by atoms with Crippen LogP contribution in [0.15, 0.2) is 47.4 Å². The lowest BCUT2D eigenvalue weighted by atomic mass is 10.2. The molecule has 2 aromatic carbocycles. The smallest absolute Gasteiger partial charge is 0.338 e. The Kier molecular flexibility index (Phi) is 6.58. The molecule has 160 valence electrons. The number of carbonyl (C=O) groups excluding carboxylic acids is 2. The number of amides is 1. The van der Waals surface area contributed by atoms with Gasteiger partial charge in [0.2, 0.25) is 10.0 Å². The molecule has 0 bridgehead atoms. The van der Waals surface area contributed by atoms with E-state index in [0.29, 0.717) is 30.4 Å². The summed E-state index contributed by atoms with van der Waals surface area (Å²) in [5.74, 6) is -0.252. The molecule has 3 rings (SSSR count). The van der Waals surface area contributed by atoms with Crippen LogP contribution >= 0.6 is 0 Å². The fourth-order valence-electron chi connectivity index (χ4n) is 2.71. The zero-order chi connectivity index (χ0) is 21.7. The van der Waals surface area contributed by atoms with Gasteiger partial charge in [-0.3, -0.25) is 4.79 Å². The number of ether oxygens (including phenoxy) is 3. The van der Waals surface area contributed by atoms with Gasteiger partial charge in [0.05, 0.1) is 10.5 Å². The molecule has 1 amide bonds. The van der Waals surface area contributed by atoms with Gasteiger partial charge >= 0.3 is 5.97 Å². The number of carbonyl (C=O) groups is 2. The predicted molar refractivity (Wildman–Crippen MR) is 108 cm³/mol.